The van der Waals surface area contributed by atoms with Gasteiger partial charge in [-0.25, -0.2) is 0 Å². The third-order valence-corrected chi connectivity index (χ3v) is 3.81. The molecule has 0 bridgehead atoms. The number of non-ortho nitro benzene ring substituents is 1. The summed E-state index contributed by atoms with van der Waals surface area (Å²) in [6, 6.07) is 8.94. The summed E-state index contributed by atoms with van der Waals surface area (Å²) in [4.78, 5) is 40.4. The van der Waals surface area contributed by atoms with Gasteiger partial charge in [0.15, 0.2) is 0 Å². The number of benzene rings is 1. The van der Waals surface area contributed by atoms with Crippen LogP contribution in [0.4, 0.5) is 5.69 Å². The number of hydrogen-bond acceptors (Lipinski definition) is 6. The third kappa shape index (κ3) is 4.85. The van der Waals surface area contributed by atoms with Crippen LogP contribution < -0.4 is 0 Å². The van der Waals surface area contributed by atoms with E-state index in [0.717, 1.165) is 5.56 Å². The van der Waals surface area contributed by atoms with E-state index in [2.05, 4.69) is 4.98 Å². The molecule has 8 heteroatoms. The first-order chi connectivity index (χ1) is 12.4. The van der Waals surface area contributed by atoms with Crippen LogP contribution in [-0.2, 0) is 16.1 Å². The molecule has 1 aromatic heterocycles. The summed E-state index contributed by atoms with van der Waals surface area (Å²) in [5, 5.41) is 10.8. The zero-order valence-corrected chi connectivity index (χ0v) is 14.5. The van der Waals surface area contributed by atoms with Gasteiger partial charge in [0.05, 0.1) is 18.0 Å². The monoisotopic (exact) mass is 357 g/mol. The summed E-state index contributed by atoms with van der Waals surface area (Å²) in [5.74, 6) is -1.27. The lowest BCUT2D eigenvalue weighted by molar-refractivity contribution is -0.384. The number of methoxy groups -OCH3 is 1. The fraction of sp³-hybridized carbons (Fsp3) is 0.278. The van der Waals surface area contributed by atoms with E-state index in [1.807, 2.05) is 6.07 Å². The Bertz CT molecular complexity index is 777. The average Bonchev–Trinajstić information content (AvgIpc) is 2.67. The predicted molar refractivity (Wildman–Crippen MR) is 93.3 cm³/mol. The average molecular weight is 357 g/mol. The van der Waals surface area contributed by atoms with E-state index in [0.29, 0.717) is 5.56 Å². The zero-order chi connectivity index (χ0) is 19.1. The van der Waals surface area contributed by atoms with Crippen LogP contribution in [0.5, 0.6) is 0 Å². The summed E-state index contributed by atoms with van der Waals surface area (Å²) in [5.41, 5.74) is 1.01. The van der Waals surface area contributed by atoms with E-state index >= 15 is 0 Å². The number of nitro benzene ring substituents is 1. The second kappa shape index (κ2) is 8.70. The Morgan fingerprint density at radius 3 is 2.50 bits per heavy atom. The molecule has 1 heterocycles. The molecule has 1 aromatic carbocycles. The minimum absolute atomic E-state index is 0.0942. The molecule has 1 atom stereocenters. The molecular formula is C18H19N3O5. The van der Waals surface area contributed by atoms with Gasteiger partial charge >= 0.3 is 5.97 Å². The first-order valence-electron chi connectivity index (χ1n) is 7.93. The second-order valence-electron chi connectivity index (χ2n) is 5.78. The molecule has 0 aliphatic heterocycles. The van der Waals surface area contributed by atoms with Gasteiger partial charge < -0.3 is 9.64 Å². The molecule has 2 rings (SSSR count). The highest BCUT2D eigenvalue weighted by molar-refractivity contribution is 5.94. The van der Waals surface area contributed by atoms with Crippen molar-refractivity contribution in [1.82, 2.24) is 9.88 Å². The molecule has 0 N–H and O–H groups in total. The highest BCUT2D eigenvalue weighted by Crippen LogP contribution is 2.16. The van der Waals surface area contributed by atoms with Crippen molar-refractivity contribution in [3.8, 4) is 0 Å². The molecular weight excluding hydrogens is 338 g/mol. The maximum Gasteiger partial charge on any atom is 0.310 e. The van der Waals surface area contributed by atoms with Crippen molar-refractivity contribution in [1.29, 1.82) is 0 Å². The quantitative estimate of drug-likeness (QED) is 0.428. The van der Waals surface area contributed by atoms with Gasteiger partial charge in [0.1, 0.15) is 0 Å². The Labute approximate surface area is 150 Å². The van der Waals surface area contributed by atoms with Crippen LogP contribution in [0, 0.1) is 16.0 Å². The number of hydrogen-bond donors (Lipinski definition) is 0. The molecule has 1 unspecified atom stereocenters. The minimum atomic E-state index is -0.527. The van der Waals surface area contributed by atoms with Gasteiger partial charge in [0, 0.05) is 43.2 Å². The van der Waals surface area contributed by atoms with Crippen molar-refractivity contribution in [3.63, 3.8) is 0 Å². The normalized spacial score (nSPS) is 11.5. The lowest BCUT2D eigenvalue weighted by Crippen LogP contribution is -2.36. The topological polar surface area (TPSA) is 103 Å². The molecule has 0 aliphatic carbocycles. The predicted octanol–water partition coefficient (Wildman–Crippen LogP) is 2.44. The fourth-order valence-electron chi connectivity index (χ4n) is 2.45. The van der Waals surface area contributed by atoms with E-state index in [4.69, 9.17) is 4.74 Å². The SMILES string of the molecule is COC(=O)C(C)CN(Cc1cccnc1)C(=O)c1ccc([N+](=O)[O-])cc1. The molecule has 0 saturated carbocycles. The Kier molecular flexibility index (Phi) is 6.37. The van der Waals surface area contributed by atoms with Gasteiger partial charge in [-0.3, -0.25) is 24.7 Å². The molecule has 0 aliphatic rings. The molecule has 0 spiro atoms. The second-order valence-corrected chi connectivity index (χ2v) is 5.78. The number of rotatable bonds is 7. The standard InChI is InChI=1S/C18H19N3O5/c1-13(18(23)26-2)11-20(12-14-4-3-9-19-10-14)17(22)15-5-7-16(8-6-15)21(24)25/h3-10,13H,11-12H2,1-2H3. The number of ether oxygens (including phenoxy) is 1. The van der Waals surface area contributed by atoms with Crippen molar-refractivity contribution >= 4 is 17.6 Å². The minimum Gasteiger partial charge on any atom is -0.469 e. The maximum atomic E-state index is 12.9. The smallest absolute Gasteiger partial charge is 0.310 e. The van der Waals surface area contributed by atoms with Crippen molar-refractivity contribution in [2.45, 2.75) is 13.5 Å². The van der Waals surface area contributed by atoms with Crippen LogP contribution in [0.1, 0.15) is 22.8 Å². The van der Waals surface area contributed by atoms with Gasteiger partial charge in [-0.05, 0) is 23.8 Å². The molecule has 8 nitrogen and oxygen atoms in total. The van der Waals surface area contributed by atoms with Crippen molar-refractivity contribution in [2.24, 2.45) is 5.92 Å². The largest absolute Gasteiger partial charge is 0.469 e. The van der Waals surface area contributed by atoms with Crippen LogP contribution in [0.25, 0.3) is 0 Å². The number of carbonyl (C=O) groups excluding carboxylic acids is 2. The van der Waals surface area contributed by atoms with Gasteiger partial charge in [0.2, 0.25) is 0 Å². The van der Waals surface area contributed by atoms with Crippen LogP contribution in [0.3, 0.4) is 0 Å². The molecule has 26 heavy (non-hydrogen) atoms. The Balaban J connectivity index is 2.24. The van der Waals surface area contributed by atoms with Crippen molar-refractivity contribution < 1.29 is 19.2 Å². The van der Waals surface area contributed by atoms with E-state index in [-0.39, 0.29) is 24.7 Å². The van der Waals surface area contributed by atoms with Crippen LogP contribution in [-0.4, -0.2) is 40.3 Å². The lowest BCUT2D eigenvalue weighted by atomic mass is 10.1. The summed E-state index contributed by atoms with van der Waals surface area (Å²) in [6.45, 7) is 2.08. The summed E-state index contributed by atoms with van der Waals surface area (Å²) in [6.07, 6.45) is 3.27. The van der Waals surface area contributed by atoms with Crippen LogP contribution in [0.15, 0.2) is 48.8 Å². The van der Waals surface area contributed by atoms with Gasteiger partial charge in [-0.15, -0.1) is 0 Å². The highest BCUT2D eigenvalue weighted by atomic mass is 16.6. The molecule has 2 aromatic rings. The summed E-state index contributed by atoms with van der Waals surface area (Å²) < 4.78 is 4.73. The number of carbonyl (C=O) groups is 2. The van der Waals surface area contributed by atoms with Crippen LogP contribution >= 0.6 is 0 Å². The first-order valence-corrected chi connectivity index (χ1v) is 7.93. The van der Waals surface area contributed by atoms with E-state index in [1.165, 1.54) is 36.3 Å². The fourth-order valence-corrected chi connectivity index (χ4v) is 2.45. The van der Waals surface area contributed by atoms with E-state index < -0.39 is 16.8 Å². The maximum absolute atomic E-state index is 12.9. The zero-order valence-electron chi connectivity index (χ0n) is 14.5. The Morgan fingerprint density at radius 1 is 1.27 bits per heavy atom. The van der Waals surface area contributed by atoms with Crippen molar-refractivity contribution in [2.75, 3.05) is 13.7 Å². The van der Waals surface area contributed by atoms with Crippen molar-refractivity contribution in [3.05, 3.63) is 70.0 Å². The number of nitrogens with zero attached hydrogens (tertiary/aromatic N) is 3. The van der Waals surface area contributed by atoms with Gasteiger partial charge in [-0.1, -0.05) is 13.0 Å². The van der Waals surface area contributed by atoms with Gasteiger partial charge in [-0.2, -0.15) is 0 Å². The molecule has 1 amide bonds. The molecule has 0 radical (unpaired) electrons. The number of esters is 1. The lowest BCUT2D eigenvalue weighted by Gasteiger charge is -2.25. The summed E-state index contributed by atoms with van der Waals surface area (Å²) >= 11 is 0. The number of aromatic nitrogens is 1. The molecule has 136 valence electrons. The Morgan fingerprint density at radius 2 is 1.96 bits per heavy atom. The third-order valence-electron chi connectivity index (χ3n) is 3.81. The number of nitro groups is 1. The van der Waals surface area contributed by atoms with E-state index in [1.54, 1.807) is 25.4 Å². The van der Waals surface area contributed by atoms with E-state index in [9.17, 15) is 19.7 Å². The number of pyridine rings is 1. The highest BCUT2D eigenvalue weighted by Gasteiger charge is 2.23. The molecule has 0 fully saturated rings. The van der Waals surface area contributed by atoms with Gasteiger partial charge in [0.25, 0.3) is 11.6 Å². The van der Waals surface area contributed by atoms with Crippen LogP contribution in [0.2, 0.25) is 0 Å². The number of amides is 1. The molecule has 0 saturated heterocycles. The summed E-state index contributed by atoms with van der Waals surface area (Å²) in [7, 11) is 1.29. The first kappa shape index (κ1) is 19.0. The Hall–Kier alpha value is -3.29.